The molecule has 0 aliphatic heterocycles. The summed E-state index contributed by atoms with van der Waals surface area (Å²) in [6.07, 6.45) is 0. The fourth-order valence-electron chi connectivity index (χ4n) is 1.74. The first-order valence-electron chi connectivity index (χ1n) is 6.90. The normalized spacial score (nSPS) is 11.6. The van der Waals surface area contributed by atoms with Gasteiger partial charge in [-0.2, -0.15) is 0 Å². The van der Waals surface area contributed by atoms with Crippen LogP contribution in [0.5, 0.6) is 5.88 Å². The van der Waals surface area contributed by atoms with Gasteiger partial charge in [-0.1, -0.05) is 24.3 Å². The standard InChI is InChI=1S/C16H23N3O/c1-12-9-15(19-18-12)20-11-14-7-5-13(6-8-14)10-17-16(2,3)4/h5-9,17H,10-11H2,1-4H3,(H,18,19). The Hall–Kier alpha value is -1.81. The molecule has 2 aromatic rings. The van der Waals surface area contributed by atoms with Crippen LogP contribution in [0.3, 0.4) is 0 Å². The van der Waals surface area contributed by atoms with Crippen LogP contribution in [0.4, 0.5) is 0 Å². The molecule has 0 saturated carbocycles. The molecule has 0 spiro atoms. The van der Waals surface area contributed by atoms with Crippen LogP contribution in [0.25, 0.3) is 0 Å². The van der Waals surface area contributed by atoms with Gasteiger partial charge >= 0.3 is 0 Å². The van der Waals surface area contributed by atoms with E-state index < -0.39 is 0 Å². The van der Waals surface area contributed by atoms with Crippen LogP contribution in [-0.4, -0.2) is 15.7 Å². The molecular formula is C16H23N3O. The number of nitrogens with one attached hydrogen (secondary N) is 2. The molecule has 0 fully saturated rings. The van der Waals surface area contributed by atoms with Gasteiger partial charge in [0.25, 0.3) is 0 Å². The zero-order valence-electron chi connectivity index (χ0n) is 12.7. The summed E-state index contributed by atoms with van der Waals surface area (Å²) in [4.78, 5) is 0. The molecule has 0 aliphatic carbocycles. The van der Waals surface area contributed by atoms with Crippen LogP contribution in [0.1, 0.15) is 37.6 Å². The molecule has 0 atom stereocenters. The minimum absolute atomic E-state index is 0.138. The van der Waals surface area contributed by atoms with E-state index in [0.717, 1.165) is 17.8 Å². The van der Waals surface area contributed by atoms with Gasteiger partial charge < -0.3 is 10.1 Å². The van der Waals surface area contributed by atoms with E-state index in [-0.39, 0.29) is 5.54 Å². The largest absolute Gasteiger partial charge is 0.472 e. The molecule has 1 aromatic heterocycles. The van der Waals surface area contributed by atoms with Crippen LogP contribution < -0.4 is 10.1 Å². The van der Waals surface area contributed by atoms with Crippen molar-refractivity contribution in [3.8, 4) is 5.88 Å². The van der Waals surface area contributed by atoms with E-state index in [0.29, 0.717) is 12.5 Å². The number of hydrogen-bond acceptors (Lipinski definition) is 3. The predicted octanol–water partition coefficient (Wildman–Crippen LogP) is 3.19. The molecule has 1 aromatic carbocycles. The van der Waals surface area contributed by atoms with Crippen molar-refractivity contribution in [2.24, 2.45) is 0 Å². The second-order valence-electron chi connectivity index (χ2n) is 6.10. The Bertz CT molecular complexity index is 538. The molecular weight excluding hydrogens is 250 g/mol. The average molecular weight is 273 g/mol. The fourth-order valence-corrected chi connectivity index (χ4v) is 1.74. The highest BCUT2D eigenvalue weighted by molar-refractivity contribution is 5.23. The van der Waals surface area contributed by atoms with E-state index in [4.69, 9.17) is 4.74 Å². The zero-order valence-corrected chi connectivity index (χ0v) is 12.7. The van der Waals surface area contributed by atoms with E-state index in [9.17, 15) is 0 Å². The monoisotopic (exact) mass is 273 g/mol. The highest BCUT2D eigenvalue weighted by Gasteiger charge is 2.08. The molecule has 108 valence electrons. The van der Waals surface area contributed by atoms with Crippen molar-refractivity contribution in [2.75, 3.05) is 0 Å². The SMILES string of the molecule is Cc1cc(OCc2ccc(CNC(C)(C)C)cc2)n[nH]1. The quantitative estimate of drug-likeness (QED) is 0.879. The van der Waals surface area contributed by atoms with Crippen LogP contribution >= 0.6 is 0 Å². The number of hydrogen-bond donors (Lipinski definition) is 2. The minimum Gasteiger partial charge on any atom is -0.472 e. The molecule has 0 unspecified atom stereocenters. The van der Waals surface area contributed by atoms with E-state index in [1.54, 1.807) is 0 Å². The Morgan fingerprint density at radius 2 is 1.80 bits per heavy atom. The summed E-state index contributed by atoms with van der Waals surface area (Å²) < 4.78 is 5.61. The first kappa shape index (κ1) is 14.6. The lowest BCUT2D eigenvalue weighted by Crippen LogP contribution is -2.35. The lowest BCUT2D eigenvalue weighted by Gasteiger charge is -2.20. The molecule has 2 rings (SSSR count). The number of aromatic amines is 1. The predicted molar refractivity (Wildman–Crippen MR) is 80.7 cm³/mol. The topological polar surface area (TPSA) is 49.9 Å². The number of H-pyrrole nitrogens is 1. The highest BCUT2D eigenvalue weighted by Crippen LogP contribution is 2.11. The maximum Gasteiger partial charge on any atom is 0.233 e. The third-order valence-electron chi connectivity index (χ3n) is 2.91. The summed E-state index contributed by atoms with van der Waals surface area (Å²) in [5, 5.41) is 10.4. The van der Waals surface area contributed by atoms with Crippen LogP contribution in [0.15, 0.2) is 30.3 Å². The second kappa shape index (κ2) is 6.09. The number of benzene rings is 1. The van der Waals surface area contributed by atoms with Crippen molar-refractivity contribution < 1.29 is 4.74 Å². The molecule has 20 heavy (non-hydrogen) atoms. The lowest BCUT2D eigenvalue weighted by molar-refractivity contribution is 0.293. The molecule has 0 saturated heterocycles. The third kappa shape index (κ3) is 4.70. The Balaban J connectivity index is 1.85. The molecule has 0 bridgehead atoms. The van der Waals surface area contributed by atoms with Gasteiger partial charge in [0.05, 0.1) is 0 Å². The van der Waals surface area contributed by atoms with Crippen molar-refractivity contribution in [3.05, 3.63) is 47.2 Å². The Morgan fingerprint density at radius 3 is 2.35 bits per heavy atom. The molecule has 0 radical (unpaired) electrons. The van der Waals surface area contributed by atoms with Gasteiger partial charge in [0.15, 0.2) is 0 Å². The summed E-state index contributed by atoms with van der Waals surface area (Å²) in [7, 11) is 0. The smallest absolute Gasteiger partial charge is 0.233 e. The van der Waals surface area contributed by atoms with Crippen molar-refractivity contribution in [1.82, 2.24) is 15.5 Å². The summed E-state index contributed by atoms with van der Waals surface area (Å²) in [5.41, 5.74) is 3.56. The highest BCUT2D eigenvalue weighted by atomic mass is 16.5. The van der Waals surface area contributed by atoms with Gasteiger partial charge in [0.1, 0.15) is 6.61 Å². The average Bonchev–Trinajstić information content (AvgIpc) is 2.80. The van der Waals surface area contributed by atoms with E-state index >= 15 is 0 Å². The van der Waals surface area contributed by atoms with Gasteiger partial charge in [-0.15, -0.1) is 5.10 Å². The van der Waals surface area contributed by atoms with E-state index in [1.807, 2.05) is 13.0 Å². The number of nitrogens with zero attached hydrogens (tertiary/aromatic N) is 1. The fraction of sp³-hybridized carbons (Fsp3) is 0.438. The Labute approximate surface area is 120 Å². The van der Waals surface area contributed by atoms with E-state index in [1.165, 1.54) is 5.56 Å². The Kier molecular flexibility index (Phi) is 4.45. The molecule has 4 heteroatoms. The van der Waals surface area contributed by atoms with Gasteiger partial charge in [-0.3, -0.25) is 5.10 Å². The number of rotatable bonds is 5. The molecule has 0 aliphatic rings. The molecule has 1 heterocycles. The molecule has 4 nitrogen and oxygen atoms in total. The summed E-state index contributed by atoms with van der Waals surface area (Å²) in [6.45, 7) is 9.88. The van der Waals surface area contributed by atoms with Crippen molar-refractivity contribution in [1.29, 1.82) is 0 Å². The van der Waals surface area contributed by atoms with Gasteiger partial charge in [0.2, 0.25) is 5.88 Å². The van der Waals surface area contributed by atoms with Gasteiger partial charge in [-0.25, -0.2) is 0 Å². The first-order valence-corrected chi connectivity index (χ1v) is 6.90. The maximum atomic E-state index is 5.61. The van der Waals surface area contributed by atoms with Crippen molar-refractivity contribution in [3.63, 3.8) is 0 Å². The molecule has 0 amide bonds. The van der Waals surface area contributed by atoms with Crippen LogP contribution in [0, 0.1) is 6.92 Å². The minimum atomic E-state index is 0.138. The third-order valence-corrected chi connectivity index (χ3v) is 2.91. The van der Waals surface area contributed by atoms with Crippen molar-refractivity contribution >= 4 is 0 Å². The van der Waals surface area contributed by atoms with Crippen molar-refractivity contribution in [2.45, 2.75) is 46.4 Å². The number of ether oxygens (including phenoxy) is 1. The number of aryl methyl sites for hydroxylation is 1. The zero-order chi connectivity index (χ0) is 14.6. The lowest BCUT2D eigenvalue weighted by atomic mass is 10.1. The second-order valence-corrected chi connectivity index (χ2v) is 6.10. The van der Waals surface area contributed by atoms with Crippen LogP contribution in [-0.2, 0) is 13.2 Å². The maximum absolute atomic E-state index is 5.61. The van der Waals surface area contributed by atoms with Crippen LogP contribution in [0.2, 0.25) is 0 Å². The Morgan fingerprint density at radius 1 is 1.15 bits per heavy atom. The van der Waals surface area contributed by atoms with Gasteiger partial charge in [-0.05, 0) is 38.8 Å². The first-order chi connectivity index (χ1) is 9.42. The molecule has 2 N–H and O–H groups in total. The van der Waals surface area contributed by atoms with Gasteiger partial charge in [0, 0.05) is 23.8 Å². The summed E-state index contributed by atoms with van der Waals surface area (Å²) >= 11 is 0. The summed E-state index contributed by atoms with van der Waals surface area (Å²) in [6, 6.07) is 10.3. The van der Waals surface area contributed by atoms with E-state index in [2.05, 4.69) is 60.6 Å². The number of aromatic nitrogens is 2. The summed E-state index contributed by atoms with van der Waals surface area (Å²) in [5.74, 6) is 0.640.